The molecule has 20 heteroatoms. The number of benzene rings is 2. The zero-order chi connectivity index (χ0) is 40.2. The lowest BCUT2D eigenvalue weighted by atomic mass is 9.88. The van der Waals surface area contributed by atoms with E-state index in [1.165, 1.54) is 36.0 Å². The van der Waals surface area contributed by atoms with Gasteiger partial charge in [-0.25, -0.2) is 31.9 Å². The largest absolute Gasteiger partial charge is 0.400 e. The maximum absolute atomic E-state index is 13.6. The van der Waals surface area contributed by atoms with E-state index in [2.05, 4.69) is 24.3 Å². The zero-order valence-electron chi connectivity index (χ0n) is 31.1. The first-order valence-electron chi connectivity index (χ1n) is 17.5. The molecule has 2 fully saturated rings. The van der Waals surface area contributed by atoms with Gasteiger partial charge in [0.25, 0.3) is 20.0 Å². The summed E-state index contributed by atoms with van der Waals surface area (Å²) in [5.74, 6) is -1.40. The van der Waals surface area contributed by atoms with Gasteiger partial charge < -0.3 is 22.3 Å². The van der Waals surface area contributed by atoms with Gasteiger partial charge in [0.1, 0.15) is 11.6 Å². The number of nitrogens with zero attached hydrogens (tertiary/aromatic N) is 6. The Morgan fingerprint density at radius 2 is 1.30 bits per heavy atom. The van der Waals surface area contributed by atoms with Gasteiger partial charge in [-0.3, -0.25) is 4.99 Å². The number of aliphatic imine (C=N–C) groups is 1. The first-order chi connectivity index (χ1) is 25.6. The van der Waals surface area contributed by atoms with Crippen LogP contribution in [0.1, 0.15) is 65.2 Å². The predicted molar refractivity (Wildman–Crippen MR) is 213 cm³/mol. The van der Waals surface area contributed by atoms with E-state index >= 15 is 0 Å². The summed E-state index contributed by atoms with van der Waals surface area (Å²) in [6.45, 7) is 6.10. The highest BCUT2D eigenvalue weighted by molar-refractivity contribution is 8.13. The molecule has 0 bridgehead atoms. The van der Waals surface area contributed by atoms with Crippen LogP contribution in [0, 0.1) is 22.5 Å². The van der Waals surface area contributed by atoms with Crippen LogP contribution in [0.5, 0.6) is 0 Å². The SMILES string of the molecule is CCN.CCN=C(NS(=O)(=O)c1ccc(N)c(F)c1)N1CC2(C=N1)CCCC2.CO.CSC(=NS(=O)(=O)c1ccc(N)c(F)c1)N1CC2(C=N1)CCCC2. The number of aliphatic hydroxyl groups is 1. The molecule has 54 heavy (non-hydrogen) atoms. The van der Waals surface area contributed by atoms with E-state index < -0.39 is 31.7 Å². The number of hydrogen-bond donors (Lipinski definition) is 5. The molecule has 0 radical (unpaired) electrons. The monoisotopic (exact) mass is 814 g/mol. The van der Waals surface area contributed by atoms with Gasteiger partial charge in [0, 0.05) is 36.9 Å². The van der Waals surface area contributed by atoms with E-state index in [1.54, 1.807) is 16.3 Å². The van der Waals surface area contributed by atoms with E-state index in [0.29, 0.717) is 19.6 Å². The van der Waals surface area contributed by atoms with Crippen LogP contribution in [0.3, 0.4) is 0 Å². The Hall–Kier alpha value is -3.85. The van der Waals surface area contributed by atoms with Crippen molar-refractivity contribution in [2.24, 2.45) is 36.2 Å². The lowest BCUT2D eigenvalue weighted by molar-refractivity contribution is 0.342. The predicted octanol–water partition coefficient (Wildman–Crippen LogP) is 4.17. The lowest BCUT2D eigenvalue weighted by Gasteiger charge is -2.23. The first-order valence-corrected chi connectivity index (χ1v) is 21.6. The van der Waals surface area contributed by atoms with Crippen LogP contribution < -0.4 is 21.9 Å². The molecule has 2 saturated carbocycles. The van der Waals surface area contributed by atoms with Crippen LogP contribution in [0.25, 0.3) is 0 Å². The van der Waals surface area contributed by atoms with Gasteiger partial charge in [-0.15, -0.1) is 4.40 Å². The zero-order valence-corrected chi connectivity index (χ0v) is 33.5. The maximum Gasteiger partial charge on any atom is 0.284 e. The molecule has 6 rings (SSSR count). The number of amidine groups is 1. The Balaban J connectivity index is 0.000000260. The van der Waals surface area contributed by atoms with Gasteiger partial charge in [0.05, 0.1) is 34.3 Å². The van der Waals surface area contributed by atoms with Gasteiger partial charge in [-0.1, -0.05) is 44.4 Å². The number of nitrogens with one attached hydrogen (secondary N) is 1. The molecule has 0 aromatic heterocycles. The normalized spacial score (nSPS) is 18.6. The highest BCUT2D eigenvalue weighted by atomic mass is 32.2. The molecular weight excluding hydrogens is 763 g/mol. The number of anilines is 2. The van der Waals surface area contributed by atoms with Crippen LogP contribution >= 0.6 is 11.8 Å². The highest BCUT2D eigenvalue weighted by Gasteiger charge is 2.41. The number of thioether (sulfide) groups is 1. The molecule has 300 valence electrons. The minimum absolute atomic E-state index is 0.00720. The number of rotatable bonds is 5. The Kier molecular flexibility index (Phi) is 16.2. The van der Waals surface area contributed by atoms with Gasteiger partial charge in [-0.05, 0) is 81.8 Å². The molecule has 2 aromatic carbocycles. The second-order valence-corrected chi connectivity index (χ2v) is 17.0. The fraction of sp³-hybridized carbons (Fsp3) is 0.529. The van der Waals surface area contributed by atoms with E-state index in [0.717, 1.165) is 77.2 Å². The fourth-order valence-electron chi connectivity index (χ4n) is 6.31. The molecule has 0 amide bonds. The second-order valence-electron chi connectivity index (χ2n) is 13.0. The van der Waals surface area contributed by atoms with E-state index in [9.17, 15) is 25.6 Å². The van der Waals surface area contributed by atoms with Crippen molar-refractivity contribution in [3.05, 3.63) is 48.0 Å². The summed E-state index contributed by atoms with van der Waals surface area (Å²) in [6, 6.07) is 6.74. The van der Waals surface area contributed by atoms with Crippen LogP contribution in [-0.4, -0.2) is 95.1 Å². The number of nitrogens with two attached hydrogens (primary N) is 3. The molecule has 15 nitrogen and oxygen atoms in total. The smallest absolute Gasteiger partial charge is 0.284 e. The summed E-state index contributed by atoms with van der Waals surface area (Å²) in [6.07, 6.45) is 14.4. The number of guanidine groups is 1. The van der Waals surface area contributed by atoms with Gasteiger partial charge in [0.2, 0.25) is 5.96 Å². The van der Waals surface area contributed by atoms with Gasteiger partial charge in [0.15, 0.2) is 5.17 Å². The second kappa shape index (κ2) is 19.7. The molecule has 0 unspecified atom stereocenters. The van der Waals surface area contributed by atoms with Crippen LogP contribution in [-0.2, 0) is 20.0 Å². The van der Waals surface area contributed by atoms with E-state index in [1.807, 2.05) is 26.3 Å². The third-order valence-electron chi connectivity index (χ3n) is 9.00. The molecule has 0 atom stereocenters. The molecule has 2 aromatic rings. The topological polar surface area (TPSA) is 235 Å². The summed E-state index contributed by atoms with van der Waals surface area (Å²) in [4.78, 5) is 3.80. The van der Waals surface area contributed by atoms with Crippen molar-refractivity contribution in [1.29, 1.82) is 0 Å². The first kappa shape index (κ1) is 44.5. The summed E-state index contributed by atoms with van der Waals surface area (Å²) < 4.78 is 83.5. The van der Waals surface area contributed by atoms with Crippen molar-refractivity contribution < 1.29 is 30.7 Å². The number of hydrogen-bond acceptors (Lipinski definition) is 12. The number of halogens is 2. The molecule has 2 spiro atoms. The number of nitrogen functional groups attached to an aromatic ring is 2. The summed E-state index contributed by atoms with van der Waals surface area (Å²) in [7, 11) is -7.01. The van der Waals surface area contributed by atoms with Crippen molar-refractivity contribution in [2.75, 3.05) is 51.0 Å². The van der Waals surface area contributed by atoms with E-state index in [4.69, 9.17) is 22.3 Å². The van der Waals surface area contributed by atoms with E-state index in [-0.39, 0.29) is 43.1 Å². The Morgan fingerprint density at radius 3 is 1.76 bits per heavy atom. The quantitative estimate of drug-likeness (QED) is 0.163. The van der Waals surface area contributed by atoms with Crippen molar-refractivity contribution in [2.45, 2.75) is 75.0 Å². The fourth-order valence-corrected chi connectivity index (χ4v) is 9.15. The van der Waals surface area contributed by atoms with Crippen molar-refractivity contribution in [3.63, 3.8) is 0 Å². The summed E-state index contributed by atoms with van der Waals surface area (Å²) >= 11 is 1.20. The van der Waals surface area contributed by atoms with Crippen molar-refractivity contribution in [3.8, 4) is 0 Å². The maximum atomic E-state index is 13.6. The molecule has 0 saturated heterocycles. The minimum Gasteiger partial charge on any atom is -0.400 e. The lowest BCUT2D eigenvalue weighted by Crippen LogP contribution is -2.43. The number of hydrazone groups is 2. The summed E-state index contributed by atoms with van der Waals surface area (Å²) in [5, 5.41) is 19.2. The Bertz CT molecular complexity index is 1920. The van der Waals surface area contributed by atoms with Crippen molar-refractivity contribution >= 4 is 66.7 Å². The number of sulfonamides is 2. The summed E-state index contributed by atoms with van der Waals surface area (Å²) in [5.41, 5.74) is 15.5. The third kappa shape index (κ3) is 11.3. The van der Waals surface area contributed by atoms with Crippen LogP contribution in [0.4, 0.5) is 20.2 Å². The molecule has 8 N–H and O–H groups in total. The third-order valence-corrected chi connectivity index (χ3v) is 12.4. The molecule has 2 heterocycles. The standard InChI is InChI=1S/C16H22FN5O2S.C15H19FN4O2S2.C2H7N.CH4O/c1-2-19-15(22-11-16(10-20-22)7-3-4-8-16)21-25(23,24)12-5-6-14(18)13(17)9-12;1-23-14(20-10-15(9-18-20)6-2-3-7-15)19-24(21,22)11-4-5-13(17)12(16)8-11;1-2-3;1-2/h5-6,9-10H,2-4,7-8,11,18H2,1H3,(H,19,21);4-5,8-9H,2-3,6-7,10,17H2,1H3;2-3H2,1H3;2H,1H3. The van der Waals surface area contributed by atoms with Crippen molar-refractivity contribution in [1.82, 2.24) is 14.7 Å². The number of aliphatic hydroxyl groups excluding tert-OH is 1. The minimum atomic E-state index is -4.03. The molecule has 2 aliphatic carbocycles. The van der Waals surface area contributed by atoms with Crippen LogP contribution in [0.2, 0.25) is 0 Å². The Morgan fingerprint density at radius 1 is 0.852 bits per heavy atom. The van der Waals surface area contributed by atoms with Gasteiger partial charge in [-0.2, -0.15) is 18.6 Å². The average molecular weight is 815 g/mol. The molecule has 2 aliphatic heterocycles. The Labute approximate surface area is 321 Å². The van der Waals surface area contributed by atoms with Gasteiger partial charge >= 0.3 is 0 Å². The highest BCUT2D eigenvalue weighted by Crippen LogP contribution is 2.41. The molecular formula is C34H52F2N10O5S3. The van der Waals surface area contributed by atoms with Crippen LogP contribution in [0.15, 0.2) is 65.8 Å². The average Bonchev–Trinajstić information content (AvgIpc) is 3.98. The molecule has 4 aliphatic rings.